The lowest BCUT2D eigenvalue weighted by Gasteiger charge is -2.16. The summed E-state index contributed by atoms with van der Waals surface area (Å²) >= 11 is 0. The zero-order valence-electron chi connectivity index (χ0n) is 7.99. The highest BCUT2D eigenvalue weighted by Crippen LogP contribution is 2.38. The number of aryl methyl sites for hydroxylation is 1. The molecule has 1 fully saturated rings. The number of nitrogens with one attached hydrogen (secondary N) is 1. The van der Waals surface area contributed by atoms with E-state index in [-0.39, 0.29) is 12.4 Å². The zero-order valence-corrected chi connectivity index (χ0v) is 8.81. The normalized spacial score (nSPS) is 19.1. The van der Waals surface area contributed by atoms with Gasteiger partial charge in [0.25, 0.3) is 0 Å². The van der Waals surface area contributed by atoms with Crippen molar-refractivity contribution in [2.24, 2.45) is 0 Å². The molecule has 14 heavy (non-hydrogen) atoms. The van der Waals surface area contributed by atoms with E-state index >= 15 is 0 Å². The second-order valence-electron chi connectivity index (χ2n) is 3.89. The average molecular weight is 212 g/mol. The summed E-state index contributed by atoms with van der Waals surface area (Å²) < 4.78 is 0. The summed E-state index contributed by atoms with van der Waals surface area (Å²) in [4.78, 5) is 8.98. The molecule has 0 atom stereocenters. The Morgan fingerprint density at radius 2 is 2.21 bits per heavy atom. The highest BCUT2D eigenvalue weighted by molar-refractivity contribution is 5.85. The lowest BCUT2D eigenvalue weighted by Crippen LogP contribution is -2.14. The Balaban J connectivity index is 0.000000750. The molecule has 0 aromatic carbocycles. The topological polar surface area (TPSA) is 37.8 Å². The third-order valence-corrected chi connectivity index (χ3v) is 2.73. The maximum atomic E-state index is 4.60. The first-order valence-electron chi connectivity index (χ1n) is 5.03. The molecule has 1 aliphatic carbocycles. The van der Waals surface area contributed by atoms with Crippen molar-refractivity contribution in [3.05, 3.63) is 17.7 Å². The van der Waals surface area contributed by atoms with Gasteiger partial charge in [0.2, 0.25) is 0 Å². The quantitative estimate of drug-likeness (QED) is 0.774. The molecule has 3 rings (SSSR count). The molecule has 1 aliphatic heterocycles. The summed E-state index contributed by atoms with van der Waals surface area (Å²) in [6.07, 6.45) is 6.84. The first kappa shape index (κ1) is 9.71. The predicted octanol–water partition coefficient (Wildman–Crippen LogP) is 2.13. The highest BCUT2D eigenvalue weighted by atomic mass is 35.5. The largest absolute Gasteiger partial charge is 0.382 e. The van der Waals surface area contributed by atoms with Crippen molar-refractivity contribution in [2.45, 2.75) is 31.6 Å². The third kappa shape index (κ3) is 1.69. The van der Waals surface area contributed by atoms with E-state index < -0.39 is 0 Å². The van der Waals surface area contributed by atoms with Crippen molar-refractivity contribution in [2.75, 3.05) is 11.9 Å². The van der Waals surface area contributed by atoms with Gasteiger partial charge in [-0.2, -0.15) is 0 Å². The van der Waals surface area contributed by atoms with Crippen molar-refractivity contribution < 1.29 is 0 Å². The minimum atomic E-state index is 0. The van der Waals surface area contributed by atoms with Crippen molar-refractivity contribution >= 4 is 18.1 Å². The fraction of sp³-hybridized carbons (Fsp3) is 0.600. The minimum absolute atomic E-state index is 0. The number of rotatable bonds is 1. The lowest BCUT2D eigenvalue weighted by atomic mass is 10.1. The summed E-state index contributed by atoms with van der Waals surface area (Å²) in [5, 5.41) is 3.32. The van der Waals surface area contributed by atoms with Gasteiger partial charge >= 0.3 is 0 Å². The third-order valence-electron chi connectivity index (χ3n) is 2.73. The van der Waals surface area contributed by atoms with Gasteiger partial charge in [0, 0.05) is 12.5 Å². The fourth-order valence-electron chi connectivity index (χ4n) is 1.79. The first-order chi connectivity index (χ1) is 6.43. The smallest absolute Gasteiger partial charge is 0.131 e. The van der Waals surface area contributed by atoms with E-state index in [0.29, 0.717) is 5.92 Å². The van der Waals surface area contributed by atoms with E-state index in [1.165, 1.54) is 25.0 Å². The fourth-order valence-corrected chi connectivity index (χ4v) is 1.79. The molecule has 1 saturated carbocycles. The van der Waals surface area contributed by atoms with Crippen LogP contribution in [-0.2, 0) is 6.42 Å². The molecule has 0 amide bonds. The van der Waals surface area contributed by atoms with Crippen LogP contribution in [0.5, 0.6) is 0 Å². The number of hydrogen-bond acceptors (Lipinski definition) is 3. The molecule has 76 valence electrons. The first-order valence-corrected chi connectivity index (χ1v) is 5.03. The summed E-state index contributed by atoms with van der Waals surface area (Å²) in [6.45, 7) is 1.07. The Bertz CT molecular complexity index is 336. The van der Waals surface area contributed by atoms with Gasteiger partial charge in [-0.05, 0) is 25.7 Å². The molecular weight excluding hydrogens is 198 g/mol. The molecule has 1 aromatic rings. The Kier molecular flexibility index (Phi) is 2.59. The standard InChI is InChI=1S/C10H13N3.ClH/c1-2-8-9(11-5-1)6-12-10(13-8)7-3-4-7;/h6-7,11H,1-5H2;1H. The van der Waals surface area contributed by atoms with Crippen LogP contribution >= 0.6 is 12.4 Å². The molecule has 4 heteroatoms. The molecule has 0 bridgehead atoms. The monoisotopic (exact) mass is 211 g/mol. The number of halogens is 1. The molecule has 0 spiro atoms. The van der Waals surface area contributed by atoms with Crippen LogP contribution in [0.4, 0.5) is 5.69 Å². The second kappa shape index (κ2) is 3.73. The lowest BCUT2D eigenvalue weighted by molar-refractivity contribution is 0.772. The molecule has 2 aliphatic rings. The van der Waals surface area contributed by atoms with E-state index in [1.54, 1.807) is 0 Å². The van der Waals surface area contributed by atoms with E-state index in [2.05, 4.69) is 15.3 Å². The Morgan fingerprint density at radius 3 is 3.00 bits per heavy atom. The van der Waals surface area contributed by atoms with Crippen LogP contribution in [-0.4, -0.2) is 16.5 Å². The Hall–Kier alpha value is -0.830. The average Bonchev–Trinajstić information content (AvgIpc) is 3.00. The SMILES string of the molecule is Cl.c1nc(C2CC2)nc2c1NCCC2. The van der Waals surface area contributed by atoms with Crippen LogP contribution in [0, 0.1) is 0 Å². The van der Waals surface area contributed by atoms with E-state index in [4.69, 9.17) is 0 Å². The van der Waals surface area contributed by atoms with Gasteiger partial charge < -0.3 is 5.32 Å². The summed E-state index contributed by atoms with van der Waals surface area (Å²) in [5.41, 5.74) is 2.37. The van der Waals surface area contributed by atoms with E-state index in [1.807, 2.05) is 6.20 Å². The number of fused-ring (bicyclic) bond motifs is 1. The molecule has 0 unspecified atom stereocenters. The molecule has 3 nitrogen and oxygen atoms in total. The van der Waals surface area contributed by atoms with Crippen molar-refractivity contribution in [3.63, 3.8) is 0 Å². The highest BCUT2D eigenvalue weighted by Gasteiger charge is 2.27. The van der Waals surface area contributed by atoms with Crippen LogP contribution in [0.2, 0.25) is 0 Å². The van der Waals surface area contributed by atoms with Gasteiger partial charge in [0.05, 0.1) is 17.6 Å². The summed E-state index contributed by atoms with van der Waals surface area (Å²) in [7, 11) is 0. The molecule has 0 radical (unpaired) electrons. The van der Waals surface area contributed by atoms with Gasteiger partial charge in [-0.1, -0.05) is 0 Å². The molecule has 1 aromatic heterocycles. The molecule has 0 saturated heterocycles. The van der Waals surface area contributed by atoms with Gasteiger partial charge in [-0.15, -0.1) is 12.4 Å². The maximum absolute atomic E-state index is 4.60. The van der Waals surface area contributed by atoms with Gasteiger partial charge in [-0.25, -0.2) is 9.97 Å². The maximum Gasteiger partial charge on any atom is 0.131 e. The number of aromatic nitrogens is 2. The Morgan fingerprint density at radius 1 is 1.36 bits per heavy atom. The van der Waals surface area contributed by atoms with Gasteiger partial charge in [0.15, 0.2) is 0 Å². The summed E-state index contributed by atoms with van der Waals surface area (Å²) in [5.74, 6) is 1.75. The molecular formula is C10H14ClN3. The zero-order chi connectivity index (χ0) is 8.67. The number of anilines is 1. The van der Waals surface area contributed by atoms with Crippen molar-refractivity contribution in [1.29, 1.82) is 0 Å². The summed E-state index contributed by atoms with van der Waals surface area (Å²) in [6, 6.07) is 0. The van der Waals surface area contributed by atoms with Crippen LogP contribution in [0.1, 0.15) is 36.7 Å². The van der Waals surface area contributed by atoms with E-state index in [0.717, 1.165) is 24.5 Å². The van der Waals surface area contributed by atoms with Crippen molar-refractivity contribution in [1.82, 2.24) is 9.97 Å². The molecule has 2 heterocycles. The minimum Gasteiger partial charge on any atom is -0.382 e. The van der Waals surface area contributed by atoms with Crippen molar-refractivity contribution in [3.8, 4) is 0 Å². The van der Waals surface area contributed by atoms with Gasteiger partial charge in [0.1, 0.15) is 5.82 Å². The van der Waals surface area contributed by atoms with Crippen LogP contribution in [0.15, 0.2) is 6.20 Å². The Labute approximate surface area is 89.8 Å². The number of nitrogens with zero attached hydrogens (tertiary/aromatic N) is 2. The van der Waals surface area contributed by atoms with Crippen LogP contribution in [0.3, 0.4) is 0 Å². The van der Waals surface area contributed by atoms with E-state index in [9.17, 15) is 0 Å². The molecule has 1 N–H and O–H groups in total. The second-order valence-corrected chi connectivity index (χ2v) is 3.89. The number of hydrogen-bond donors (Lipinski definition) is 1. The van der Waals surface area contributed by atoms with Crippen LogP contribution in [0.25, 0.3) is 0 Å². The van der Waals surface area contributed by atoms with Crippen LogP contribution < -0.4 is 5.32 Å². The van der Waals surface area contributed by atoms with Gasteiger partial charge in [-0.3, -0.25) is 0 Å². The predicted molar refractivity (Wildman–Crippen MR) is 58.1 cm³/mol.